The van der Waals surface area contributed by atoms with Gasteiger partial charge >= 0.3 is 6.18 Å². The molecule has 1 aromatic heterocycles. The van der Waals surface area contributed by atoms with Crippen LogP contribution in [0.1, 0.15) is 18.1 Å². The highest BCUT2D eigenvalue weighted by atomic mass is 19.4. The average molecular weight is 191 g/mol. The molecule has 0 bridgehead atoms. The van der Waals surface area contributed by atoms with Gasteiger partial charge in [0.1, 0.15) is 5.82 Å². The van der Waals surface area contributed by atoms with Gasteiger partial charge in [-0.25, -0.2) is 4.98 Å². The number of nitrogens with one attached hydrogen (secondary N) is 1. The summed E-state index contributed by atoms with van der Waals surface area (Å²) < 4.78 is 35.9. The SMILES string of the molecule is C=CCCc1nc(C(F)(F)F)n[nH]1. The lowest BCUT2D eigenvalue weighted by molar-refractivity contribution is -0.144. The van der Waals surface area contributed by atoms with Crippen molar-refractivity contribution in [1.82, 2.24) is 15.2 Å². The smallest absolute Gasteiger partial charge is 0.263 e. The normalized spacial score (nSPS) is 11.6. The lowest BCUT2D eigenvalue weighted by Crippen LogP contribution is -2.07. The summed E-state index contributed by atoms with van der Waals surface area (Å²) in [6.45, 7) is 3.45. The van der Waals surface area contributed by atoms with Gasteiger partial charge in [0, 0.05) is 6.42 Å². The van der Waals surface area contributed by atoms with Crippen LogP contribution >= 0.6 is 0 Å². The van der Waals surface area contributed by atoms with E-state index < -0.39 is 12.0 Å². The van der Waals surface area contributed by atoms with Crippen LogP contribution < -0.4 is 0 Å². The van der Waals surface area contributed by atoms with Crippen molar-refractivity contribution in [2.75, 3.05) is 0 Å². The molecular formula is C7H8F3N3. The minimum atomic E-state index is -4.47. The molecule has 1 aromatic rings. The third kappa shape index (κ3) is 2.57. The van der Waals surface area contributed by atoms with Crippen LogP contribution in [-0.4, -0.2) is 15.2 Å². The third-order valence-corrected chi connectivity index (χ3v) is 1.37. The molecule has 0 spiro atoms. The fourth-order valence-corrected chi connectivity index (χ4v) is 0.773. The number of aryl methyl sites for hydroxylation is 1. The third-order valence-electron chi connectivity index (χ3n) is 1.37. The van der Waals surface area contributed by atoms with E-state index in [2.05, 4.69) is 21.8 Å². The second-order valence-electron chi connectivity index (χ2n) is 2.43. The molecule has 0 saturated heterocycles. The van der Waals surface area contributed by atoms with E-state index in [9.17, 15) is 13.2 Å². The predicted molar refractivity (Wildman–Crippen MR) is 39.9 cm³/mol. The van der Waals surface area contributed by atoms with Crippen molar-refractivity contribution < 1.29 is 13.2 Å². The summed E-state index contributed by atoms with van der Waals surface area (Å²) in [5.41, 5.74) is 0. The summed E-state index contributed by atoms with van der Waals surface area (Å²) in [6.07, 6.45) is -1.89. The van der Waals surface area contributed by atoms with E-state index in [0.29, 0.717) is 12.8 Å². The molecule has 0 aliphatic heterocycles. The zero-order chi connectivity index (χ0) is 9.90. The molecule has 72 valence electrons. The molecule has 13 heavy (non-hydrogen) atoms. The number of nitrogens with zero attached hydrogens (tertiary/aromatic N) is 2. The van der Waals surface area contributed by atoms with Crippen molar-refractivity contribution >= 4 is 0 Å². The number of hydrogen-bond acceptors (Lipinski definition) is 2. The highest BCUT2D eigenvalue weighted by Gasteiger charge is 2.35. The molecule has 0 aromatic carbocycles. The number of hydrogen-bond donors (Lipinski definition) is 1. The summed E-state index contributed by atoms with van der Waals surface area (Å²) in [5.74, 6) is -0.890. The monoisotopic (exact) mass is 191 g/mol. The fraction of sp³-hybridized carbons (Fsp3) is 0.429. The first kappa shape index (κ1) is 9.76. The van der Waals surface area contributed by atoms with E-state index in [0.717, 1.165) is 0 Å². The second-order valence-corrected chi connectivity index (χ2v) is 2.43. The van der Waals surface area contributed by atoms with Crippen LogP contribution in [0.3, 0.4) is 0 Å². The van der Waals surface area contributed by atoms with Gasteiger partial charge in [-0.1, -0.05) is 6.08 Å². The van der Waals surface area contributed by atoms with Gasteiger partial charge in [-0.2, -0.15) is 13.2 Å². The molecule has 1 N–H and O–H groups in total. The van der Waals surface area contributed by atoms with Crippen molar-refractivity contribution in [1.29, 1.82) is 0 Å². The molecule has 1 rings (SSSR count). The molecule has 0 aliphatic carbocycles. The molecule has 1 heterocycles. The molecule has 0 atom stereocenters. The largest absolute Gasteiger partial charge is 0.453 e. The quantitative estimate of drug-likeness (QED) is 0.742. The molecule has 3 nitrogen and oxygen atoms in total. The van der Waals surface area contributed by atoms with Crippen LogP contribution in [0.2, 0.25) is 0 Å². The average Bonchev–Trinajstić information content (AvgIpc) is 2.47. The summed E-state index contributed by atoms with van der Waals surface area (Å²) in [6, 6.07) is 0. The van der Waals surface area contributed by atoms with Crippen LogP contribution in [0.15, 0.2) is 12.7 Å². The van der Waals surface area contributed by atoms with Gasteiger partial charge in [0.2, 0.25) is 0 Å². The van der Waals surface area contributed by atoms with E-state index in [1.807, 2.05) is 0 Å². The summed E-state index contributed by atoms with van der Waals surface area (Å²) in [5, 5.41) is 5.26. The topological polar surface area (TPSA) is 41.6 Å². The molecule has 0 fully saturated rings. The summed E-state index contributed by atoms with van der Waals surface area (Å²) in [4.78, 5) is 3.28. The van der Waals surface area contributed by atoms with Crippen LogP contribution in [0.4, 0.5) is 13.2 Å². The van der Waals surface area contributed by atoms with Crippen molar-refractivity contribution in [3.63, 3.8) is 0 Å². The van der Waals surface area contributed by atoms with Crippen LogP contribution in [0, 0.1) is 0 Å². The summed E-state index contributed by atoms with van der Waals surface area (Å²) in [7, 11) is 0. The Hall–Kier alpha value is -1.33. The molecule has 0 aliphatic rings. The minimum Gasteiger partial charge on any atom is -0.263 e. The zero-order valence-corrected chi connectivity index (χ0v) is 6.73. The second kappa shape index (κ2) is 3.59. The number of alkyl halides is 3. The van der Waals surface area contributed by atoms with Crippen molar-refractivity contribution in [2.45, 2.75) is 19.0 Å². The highest BCUT2D eigenvalue weighted by Crippen LogP contribution is 2.25. The number of aromatic nitrogens is 3. The minimum absolute atomic E-state index is 0.229. The Bertz CT molecular complexity index is 289. The first-order valence-corrected chi connectivity index (χ1v) is 3.63. The van der Waals surface area contributed by atoms with Gasteiger partial charge in [0.25, 0.3) is 5.82 Å². The predicted octanol–water partition coefficient (Wildman–Crippen LogP) is 1.94. The maximum atomic E-state index is 12.0. The zero-order valence-electron chi connectivity index (χ0n) is 6.73. The summed E-state index contributed by atoms with van der Waals surface area (Å²) >= 11 is 0. The van der Waals surface area contributed by atoms with Gasteiger partial charge < -0.3 is 0 Å². The number of aromatic amines is 1. The molecule has 0 amide bonds. The molecular weight excluding hydrogens is 183 g/mol. The van der Waals surface area contributed by atoms with Gasteiger partial charge in [-0.15, -0.1) is 11.7 Å². The van der Waals surface area contributed by atoms with E-state index in [-0.39, 0.29) is 5.82 Å². The highest BCUT2D eigenvalue weighted by molar-refractivity contribution is 4.95. The Balaban J connectivity index is 2.69. The molecule has 0 saturated carbocycles. The number of H-pyrrole nitrogens is 1. The Kier molecular flexibility index (Phi) is 2.69. The Morgan fingerprint density at radius 1 is 1.46 bits per heavy atom. The van der Waals surface area contributed by atoms with Crippen LogP contribution in [0.25, 0.3) is 0 Å². The van der Waals surface area contributed by atoms with Gasteiger partial charge in [0.15, 0.2) is 0 Å². The van der Waals surface area contributed by atoms with Crippen LogP contribution in [0.5, 0.6) is 0 Å². The maximum Gasteiger partial charge on any atom is 0.453 e. The lowest BCUT2D eigenvalue weighted by atomic mass is 10.3. The molecule has 6 heteroatoms. The Labute approximate surface area is 72.7 Å². The fourth-order valence-electron chi connectivity index (χ4n) is 0.773. The Morgan fingerprint density at radius 2 is 2.15 bits per heavy atom. The maximum absolute atomic E-state index is 12.0. The first-order chi connectivity index (χ1) is 6.04. The number of rotatable bonds is 3. The first-order valence-electron chi connectivity index (χ1n) is 3.63. The van der Waals surface area contributed by atoms with Crippen molar-refractivity contribution in [2.24, 2.45) is 0 Å². The lowest BCUT2D eigenvalue weighted by Gasteiger charge is -1.97. The van der Waals surface area contributed by atoms with Gasteiger partial charge in [-0.05, 0) is 6.42 Å². The van der Waals surface area contributed by atoms with Crippen LogP contribution in [-0.2, 0) is 12.6 Å². The Morgan fingerprint density at radius 3 is 2.62 bits per heavy atom. The van der Waals surface area contributed by atoms with Gasteiger partial charge in [-0.3, -0.25) is 5.10 Å². The standard InChI is InChI=1S/C7H8F3N3/c1-2-3-4-5-11-6(13-12-5)7(8,9)10/h2H,1,3-4H2,(H,11,12,13). The van der Waals surface area contributed by atoms with Crippen molar-refractivity contribution in [3.8, 4) is 0 Å². The molecule has 0 radical (unpaired) electrons. The van der Waals surface area contributed by atoms with E-state index in [1.54, 1.807) is 6.08 Å². The number of allylic oxidation sites excluding steroid dienone is 1. The molecule has 0 unspecified atom stereocenters. The number of halogens is 3. The van der Waals surface area contributed by atoms with E-state index in [1.165, 1.54) is 0 Å². The van der Waals surface area contributed by atoms with Gasteiger partial charge in [0.05, 0.1) is 0 Å². The van der Waals surface area contributed by atoms with E-state index >= 15 is 0 Å². The van der Waals surface area contributed by atoms with Crippen molar-refractivity contribution in [3.05, 3.63) is 24.3 Å². The van der Waals surface area contributed by atoms with E-state index in [4.69, 9.17) is 0 Å².